The highest BCUT2D eigenvalue weighted by Gasteiger charge is 2.35. The second-order valence-corrected chi connectivity index (χ2v) is 9.86. The number of hydrogen-bond donors (Lipinski definition) is 1. The average Bonchev–Trinajstić information content (AvgIpc) is 3.20. The summed E-state index contributed by atoms with van der Waals surface area (Å²) in [4.78, 5) is 55.6. The normalized spacial score (nSPS) is 13.2. The van der Waals surface area contributed by atoms with E-state index in [2.05, 4.69) is 5.32 Å². The van der Waals surface area contributed by atoms with Crippen LogP contribution in [0.5, 0.6) is 0 Å². The molecule has 4 rings (SSSR count). The molecular formula is C32H35N3O4. The van der Waals surface area contributed by atoms with Gasteiger partial charge >= 0.3 is 0 Å². The molecule has 1 aliphatic heterocycles. The van der Waals surface area contributed by atoms with E-state index < -0.39 is 6.04 Å². The maximum absolute atomic E-state index is 13.8. The van der Waals surface area contributed by atoms with Gasteiger partial charge in [0.05, 0.1) is 11.1 Å². The van der Waals surface area contributed by atoms with Crippen LogP contribution in [0.4, 0.5) is 0 Å². The van der Waals surface area contributed by atoms with Gasteiger partial charge in [0.2, 0.25) is 11.8 Å². The molecule has 0 aromatic heterocycles. The van der Waals surface area contributed by atoms with E-state index in [1.165, 1.54) is 4.90 Å². The number of rotatable bonds is 12. The van der Waals surface area contributed by atoms with Gasteiger partial charge in [-0.05, 0) is 48.6 Å². The Morgan fingerprint density at radius 1 is 0.872 bits per heavy atom. The zero-order valence-corrected chi connectivity index (χ0v) is 22.6. The molecule has 0 spiro atoms. The molecule has 1 atom stereocenters. The van der Waals surface area contributed by atoms with E-state index in [1.54, 1.807) is 29.2 Å². The fraction of sp³-hybridized carbons (Fsp3) is 0.312. The Labute approximate surface area is 229 Å². The lowest BCUT2D eigenvalue weighted by atomic mass is 10.0. The Balaban J connectivity index is 1.54. The first-order valence-corrected chi connectivity index (χ1v) is 13.5. The molecule has 3 aromatic carbocycles. The van der Waals surface area contributed by atoms with E-state index >= 15 is 0 Å². The standard InChI is InChI=1S/C32H35N3O4/c1-3-19-33-30(37)28(21-24-13-5-4-6-14-24)35(22-25-15-8-7-12-23(25)2)29(36)18-11-20-34-31(38)26-16-9-10-17-27(26)32(34)39/h4-10,12-17,28H,3,11,18-22H2,1-2H3,(H,33,37)/t28-/m1/s1. The van der Waals surface area contributed by atoms with Crippen LogP contribution in [0.15, 0.2) is 78.9 Å². The summed E-state index contributed by atoms with van der Waals surface area (Å²) >= 11 is 0. The Morgan fingerprint density at radius 3 is 2.13 bits per heavy atom. The quantitative estimate of drug-likeness (QED) is 0.352. The van der Waals surface area contributed by atoms with Gasteiger partial charge in [-0.1, -0.05) is 73.7 Å². The number of hydrogen-bond acceptors (Lipinski definition) is 4. The third-order valence-corrected chi connectivity index (χ3v) is 7.07. The van der Waals surface area contributed by atoms with Crippen molar-refractivity contribution in [3.05, 3.63) is 107 Å². The minimum atomic E-state index is -0.703. The van der Waals surface area contributed by atoms with Crippen LogP contribution in [-0.2, 0) is 22.6 Å². The Morgan fingerprint density at radius 2 is 1.49 bits per heavy atom. The summed E-state index contributed by atoms with van der Waals surface area (Å²) in [6.45, 7) is 4.93. The zero-order valence-electron chi connectivity index (χ0n) is 22.6. The molecule has 0 aliphatic carbocycles. The summed E-state index contributed by atoms with van der Waals surface area (Å²) < 4.78 is 0. The molecule has 7 nitrogen and oxygen atoms in total. The van der Waals surface area contributed by atoms with Crippen molar-refractivity contribution in [2.24, 2.45) is 0 Å². The molecule has 0 saturated carbocycles. The van der Waals surface area contributed by atoms with E-state index in [0.29, 0.717) is 30.5 Å². The largest absolute Gasteiger partial charge is 0.354 e. The van der Waals surface area contributed by atoms with E-state index in [4.69, 9.17) is 0 Å². The van der Waals surface area contributed by atoms with Crippen molar-refractivity contribution in [1.82, 2.24) is 15.1 Å². The number of fused-ring (bicyclic) bond motifs is 1. The summed E-state index contributed by atoms with van der Waals surface area (Å²) in [5.41, 5.74) is 3.75. The Kier molecular flexibility index (Phi) is 9.26. The molecular weight excluding hydrogens is 490 g/mol. The van der Waals surface area contributed by atoms with Crippen molar-refractivity contribution in [3.8, 4) is 0 Å². The van der Waals surface area contributed by atoms with E-state index in [-0.39, 0.29) is 43.1 Å². The van der Waals surface area contributed by atoms with E-state index in [9.17, 15) is 19.2 Å². The maximum atomic E-state index is 13.8. The smallest absolute Gasteiger partial charge is 0.261 e. The van der Waals surface area contributed by atoms with Gasteiger partial charge in [-0.3, -0.25) is 24.1 Å². The van der Waals surface area contributed by atoms with Crippen molar-refractivity contribution < 1.29 is 19.2 Å². The first kappa shape index (κ1) is 27.8. The number of imide groups is 1. The van der Waals surface area contributed by atoms with Gasteiger partial charge < -0.3 is 10.2 Å². The lowest BCUT2D eigenvalue weighted by molar-refractivity contribution is -0.141. The molecule has 0 saturated heterocycles. The van der Waals surface area contributed by atoms with Gasteiger partial charge in [0.1, 0.15) is 6.04 Å². The highest BCUT2D eigenvalue weighted by molar-refractivity contribution is 6.21. The molecule has 39 heavy (non-hydrogen) atoms. The number of carbonyl (C=O) groups excluding carboxylic acids is 4. The minimum absolute atomic E-state index is 0.103. The minimum Gasteiger partial charge on any atom is -0.354 e. The SMILES string of the molecule is CCCNC(=O)[C@@H](Cc1ccccc1)N(Cc1ccccc1C)C(=O)CCCN1C(=O)c2ccccc2C1=O. The molecule has 1 N–H and O–H groups in total. The monoisotopic (exact) mass is 525 g/mol. The number of nitrogens with zero attached hydrogens (tertiary/aromatic N) is 2. The summed E-state index contributed by atoms with van der Waals surface area (Å²) in [5, 5.41) is 2.98. The number of carbonyl (C=O) groups is 4. The number of benzene rings is 3. The fourth-order valence-electron chi connectivity index (χ4n) is 4.87. The number of nitrogens with one attached hydrogen (secondary N) is 1. The highest BCUT2D eigenvalue weighted by Crippen LogP contribution is 2.23. The average molecular weight is 526 g/mol. The van der Waals surface area contributed by atoms with Crippen LogP contribution in [0.2, 0.25) is 0 Å². The molecule has 0 bridgehead atoms. The molecule has 0 fully saturated rings. The van der Waals surface area contributed by atoms with E-state index in [0.717, 1.165) is 23.1 Å². The number of aryl methyl sites for hydroxylation is 1. The van der Waals surface area contributed by atoms with Crippen molar-refractivity contribution in [3.63, 3.8) is 0 Å². The predicted molar refractivity (Wildman–Crippen MR) is 150 cm³/mol. The lowest BCUT2D eigenvalue weighted by Gasteiger charge is -2.32. The molecule has 3 aromatic rings. The van der Waals surface area contributed by atoms with Crippen molar-refractivity contribution in [1.29, 1.82) is 0 Å². The van der Waals surface area contributed by atoms with Crippen LogP contribution in [-0.4, -0.2) is 52.6 Å². The van der Waals surface area contributed by atoms with Crippen LogP contribution in [0, 0.1) is 6.92 Å². The van der Waals surface area contributed by atoms with Crippen LogP contribution >= 0.6 is 0 Å². The molecule has 0 radical (unpaired) electrons. The Bertz CT molecular complexity index is 1300. The molecule has 4 amide bonds. The summed E-state index contributed by atoms with van der Waals surface area (Å²) in [6.07, 6.45) is 1.58. The van der Waals surface area contributed by atoms with Gasteiger partial charge in [0.15, 0.2) is 0 Å². The maximum Gasteiger partial charge on any atom is 0.261 e. The van der Waals surface area contributed by atoms with Crippen LogP contribution in [0.1, 0.15) is 63.6 Å². The van der Waals surface area contributed by atoms with Gasteiger partial charge in [-0.2, -0.15) is 0 Å². The second-order valence-electron chi connectivity index (χ2n) is 9.86. The van der Waals surface area contributed by atoms with Gasteiger partial charge in [0.25, 0.3) is 11.8 Å². The summed E-state index contributed by atoms with van der Waals surface area (Å²) in [5.74, 6) is -1.05. The summed E-state index contributed by atoms with van der Waals surface area (Å²) in [7, 11) is 0. The van der Waals surface area contributed by atoms with Crippen molar-refractivity contribution >= 4 is 23.6 Å². The Hall–Kier alpha value is -4.26. The lowest BCUT2D eigenvalue weighted by Crippen LogP contribution is -2.50. The zero-order chi connectivity index (χ0) is 27.8. The molecule has 1 heterocycles. The highest BCUT2D eigenvalue weighted by atomic mass is 16.2. The van der Waals surface area contributed by atoms with Gasteiger partial charge in [-0.25, -0.2) is 0 Å². The first-order chi connectivity index (χ1) is 18.9. The van der Waals surface area contributed by atoms with Crippen LogP contribution < -0.4 is 5.32 Å². The van der Waals surface area contributed by atoms with Crippen molar-refractivity contribution in [2.75, 3.05) is 13.1 Å². The molecule has 0 unspecified atom stereocenters. The third kappa shape index (κ3) is 6.60. The molecule has 1 aliphatic rings. The topological polar surface area (TPSA) is 86.8 Å². The van der Waals surface area contributed by atoms with Gasteiger partial charge in [-0.15, -0.1) is 0 Å². The second kappa shape index (κ2) is 13.0. The summed E-state index contributed by atoms with van der Waals surface area (Å²) in [6, 6.07) is 23.6. The predicted octanol–water partition coefficient (Wildman–Crippen LogP) is 4.54. The molecule has 202 valence electrons. The van der Waals surface area contributed by atoms with E-state index in [1.807, 2.05) is 68.4 Å². The number of amides is 4. The molecule has 7 heteroatoms. The first-order valence-electron chi connectivity index (χ1n) is 13.5. The van der Waals surface area contributed by atoms with Crippen LogP contribution in [0.3, 0.4) is 0 Å². The van der Waals surface area contributed by atoms with Crippen molar-refractivity contribution in [2.45, 2.75) is 52.1 Å². The fourth-order valence-corrected chi connectivity index (χ4v) is 4.87. The van der Waals surface area contributed by atoms with Gasteiger partial charge in [0, 0.05) is 32.5 Å². The third-order valence-electron chi connectivity index (χ3n) is 7.07. The van der Waals surface area contributed by atoms with Crippen LogP contribution in [0.25, 0.3) is 0 Å².